The molecule has 0 saturated carbocycles. The molecule has 162 valence electrons. The van der Waals surface area contributed by atoms with Crippen molar-refractivity contribution < 1.29 is 4.74 Å². The van der Waals surface area contributed by atoms with Crippen LogP contribution in [0, 0.1) is 12.3 Å². The zero-order valence-corrected chi connectivity index (χ0v) is 17.6. The Morgan fingerprint density at radius 1 is 1.22 bits per heavy atom. The van der Waals surface area contributed by atoms with E-state index in [9.17, 15) is 4.79 Å². The summed E-state index contributed by atoms with van der Waals surface area (Å²) in [5.41, 5.74) is 8.44. The zero-order valence-electron chi connectivity index (χ0n) is 17.6. The Morgan fingerprint density at radius 3 is 2.59 bits per heavy atom. The molecule has 4 aromatic rings. The van der Waals surface area contributed by atoms with Crippen molar-refractivity contribution in [2.45, 2.75) is 19.3 Å². The second-order valence-electron chi connectivity index (χ2n) is 7.23. The van der Waals surface area contributed by atoms with E-state index in [0.29, 0.717) is 23.7 Å². The molecule has 3 aromatic heterocycles. The van der Waals surface area contributed by atoms with Gasteiger partial charge in [0.05, 0.1) is 7.11 Å². The van der Waals surface area contributed by atoms with Crippen LogP contribution in [0.1, 0.15) is 34.1 Å². The molecule has 0 radical (unpaired) electrons. The van der Waals surface area contributed by atoms with E-state index in [-0.39, 0.29) is 17.7 Å². The van der Waals surface area contributed by atoms with Crippen LogP contribution in [0.3, 0.4) is 0 Å². The Labute approximate surface area is 183 Å². The van der Waals surface area contributed by atoms with Gasteiger partial charge in [0.1, 0.15) is 11.7 Å². The van der Waals surface area contributed by atoms with Crippen molar-refractivity contribution in [3.05, 3.63) is 93.6 Å². The van der Waals surface area contributed by atoms with E-state index in [1.165, 1.54) is 0 Å². The lowest BCUT2D eigenvalue weighted by Gasteiger charge is -2.16. The van der Waals surface area contributed by atoms with Gasteiger partial charge in [-0.1, -0.05) is 24.3 Å². The molecular weight excluding hydrogens is 408 g/mol. The summed E-state index contributed by atoms with van der Waals surface area (Å²) in [6.45, 7) is 1.88. The second-order valence-corrected chi connectivity index (χ2v) is 7.23. The SMILES string of the molecule is COc1cc(C(Cc2ccc(C(=N)N)cc2)c2nn(-c3ncccn3)c(=O)[nH]2)cc(C)n1. The molecule has 0 fully saturated rings. The Hall–Kier alpha value is -4.34. The molecule has 0 bridgehead atoms. The van der Waals surface area contributed by atoms with Crippen LogP contribution in [0.4, 0.5) is 0 Å². The highest BCUT2D eigenvalue weighted by Gasteiger charge is 2.22. The molecule has 0 amide bonds. The van der Waals surface area contributed by atoms with E-state index in [2.05, 4.69) is 25.0 Å². The number of nitrogens with zero attached hydrogens (tertiary/aromatic N) is 5. The van der Waals surface area contributed by atoms with Crippen LogP contribution in [0.25, 0.3) is 5.95 Å². The van der Waals surface area contributed by atoms with Crippen LogP contribution >= 0.6 is 0 Å². The number of pyridine rings is 1. The molecule has 1 aromatic carbocycles. The van der Waals surface area contributed by atoms with Gasteiger partial charge in [-0.3, -0.25) is 10.4 Å². The predicted octanol–water partition coefficient (Wildman–Crippen LogP) is 1.72. The van der Waals surface area contributed by atoms with Gasteiger partial charge in [-0.2, -0.15) is 0 Å². The standard InChI is InChI=1S/C22H22N8O2/c1-13-10-16(12-18(27-13)32-2)17(11-14-4-6-15(7-5-14)19(23)24)20-28-22(31)30(29-20)21-25-8-3-9-26-21/h3-10,12,17H,11H2,1-2H3,(H3,23,24)(H,28,29,31). The lowest BCUT2D eigenvalue weighted by Crippen LogP contribution is -2.18. The van der Waals surface area contributed by atoms with Crippen LogP contribution in [0.2, 0.25) is 0 Å². The third-order valence-electron chi connectivity index (χ3n) is 4.98. The number of nitrogens with two attached hydrogens (primary N) is 1. The summed E-state index contributed by atoms with van der Waals surface area (Å²) in [6.07, 6.45) is 3.63. The van der Waals surface area contributed by atoms with Gasteiger partial charge in [0, 0.05) is 35.6 Å². The summed E-state index contributed by atoms with van der Waals surface area (Å²) < 4.78 is 6.49. The number of aromatic nitrogens is 6. The number of nitrogen functional groups attached to an aromatic ring is 1. The zero-order chi connectivity index (χ0) is 22.7. The summed E-state index contributed by atoms with van der Waals surface area (Å²) >= 11 is 0. The molecule has 0 aliphatic heterocycles. The first-order valence-electron chi connectivity index (χ1n) is 9.87. The minimum atomic E-state index is -0.430. The van der Waals surface area contributed by atoms with Gasteiger partial charge >= 0.3 is 5.69 Å². The van der Waals surface area contributed by atoms with Crippen LogP contribution in [0.5, 0.6) is 5.88 Å². The topological polar surface area (TPSA) is 148 Å². The van der Waals surface area contributed by atoms with Crippen molar-refractivity contribution >= 4 is 5.84 Å². The third-order valence-corrected chi connectivity index (χ3v) is 4.98. The van der Waals surface area contributed by atoms with Crippen molar-refractivity contribution in [3.63, 3.8) is 0 Å². The quantitative estimate of drug-likeness (QED) is 0.298. The van der Waals surface area contributed by atoms with Gasteiger partial charge in [0.25, 0.3) is 5.95 Å². The summed E-state index contributed by atoms with van der Waals surface area (Å²) in [7, 11) is 1.56. The van der Waals surface area contributed by atoms with Crippen molar-refractivity contribution in [1.82, 2.24) is 29.7 Å². The van der Waals surface area contributed by atoms with Gasteiger partial charge in [-0.25, -0.2) is 19.7 Å². The molecule has 1 atom stereocenters. The molecule has 4 rings (SSSR count). The number of nitrogens with one attached hydrogen (secondary N) is 2. The minimum Gasteiger partial charge on any atom is -0.481 e. The Morgan fingerprint density at radius 2 is 1.94 bits per heavy atom. The smallest absolute Gasteiger partial charge is 0.350 e. The number of aryl methyl sites for hydroxylation is 1. The summed E-state index contributed by atoms with van der Waals surface area (Å²) in [5, 5.41) is 12.1. The van der Waals surface area contributed by atoms with E-state index in [0.717, 1.165) is 21.5 Å². The summed E-state index contributed by atoms with van der Waals surface area (Å²) in [6, 6.07) is 12.8. The number of hydrogen-bond acceptors (Lipinski definition) is 7. The maximum atomic E-state index is 12.6. The largest absolute Gasteiger partial charge is 0.481 e. The lowest BCUT2D eigenvalue weighted by molar-refractivity contribution is 0.396. The lowest BCUT2D eigenvalue weighted by atomic mass is 9.91. The second kappa shape index (κ2) is 8.80. The van der Waals surface area contributed by atoms with Gasteiger partial charge in [-0.15, -0.1) is 9.78 Å². The average molecular weight is 430 g/mol. The number of hydrogen-bond donors (Lipinski definition) is 3. The molecule has 10 heteroatoms. The fourth-order valence-corrected chi connectivity index (χ4v) is 3.43. The highest BCUT2D eigenvalue weighted by atomic mass is 16.5. The molecular formula is C22H22N8O2. The highest BCUT2D eigenvalue weighted by Crippen LogP contribution is 2.28. The molecule has 4 N–H and O–H groups in total. The summed E-state index contributed by atoms with van der Waals surface area (Å²) in [5.74, 6) is 0.837. The van der Waals surface area contributed by atoms with Crippen molar-refractivity contribution in [3.8, 4) is 11.8 Å². The number of benzene rings is 1. The molecule has 0 aliphatic rings. The Bertz CT molecular complexity index is 1300. The van der Waals surface area contributed by atoms with E-state index in [4.69, 9.17) is 15.9 Å². The average Bonchev–Trinajstić information content (AvgIpc) is 3.19. The van der Waals surface area contributed by atoms with Crippen LogP contribution in [0.15, 0.2) is 59.7 Å². The van der Waals surface area contributed by atoms with Crippen molar-refractivity contribution in [2.75, 3.05) is 7.11 Å². The van der Waals surface area contributed by atoms with E-state index < -0.39 is 5.69 Å². The van der Waals surface area contributed by atoms with Gasteiger partial charge in [0.2, 0.25) is 5.88 Å². The van der Waals surface area contributed by atoms with E-state index >= 15 is 0 Å². The highest BCUT2D eigenvalue weighted by molar-refractivity contribution is 5.94. The number of methoxy groups -OCH3 is 1. The third kappa shape index (κ3) is 4.38. The molecule has 3 heterocycles. The molecule has 1 unspecified atom stereocenters. The molecule has 0 aliphatic carbocycles. The minimum absolute atomic E-state index is 0.00790. The first kappa shape index (κ1) is 20.9. The monoisotopic (exact) mass is 430 g/mol. The fraction of sp³-hybridized carbons (Fsp3) is 0.182. The van der Waals surface area contributed by atoms with Gasteiger partial charge < -0.3 is 10.5 Å². The molecule has 0 spiro atoms. The number of ether oxygens (including phenoxy) is 1. The first-order chi connectivity index (χ1) is 15.4. The van der Waals surface area contributed by atoms with Crippen molar-refractivity contribution in [2.24, 2.45) is 5.73 Å². The van der Waals surface area contributed by atoms with Crippen LogP contribution < -0.4 is 16.2 Å². The maximum Gasteiger partial charge on any atom is 0.350 e. The van der Waals surface area contributed by atoms with Crippen LogP contribution in [-0.4, -0.2) is 42.7 Å². The Kier molecular flexibility index (Phi) is 5.75. The maximum absolute atomic E-state index is 12.6. The van der Waals surface area contributed by atoms with E-state index in [1.807, 2.05) is 31.2 Å². The fourth-order valence-electron chi connectivity index (χ4n) is 3.43. The van der Waals surface area contributed by atoms with Gasteiger partial charge in [0.15, 0.2) is 0 Å². The number of H-pyrrole nitrogens is 1. The van der Waals surface area contributed by atoms with Crippen LogP contribution in [-0.2, 0) is 6.42 Å². The van der Waals surface area contributed by atoms with Gasteiger partial charge in [-0.05, 0) is 36.6 Å². The number of aromatic amines is 1. The van der Waals surface area contributed by atoms with E-state index in [1.54, 1.807) is 37.7 Å². The number of amidine groups is 1. The normalized spacial score (nSPS) is 11.8. The number of rotatable bonds is 7. The molecule has 32 heavy (non-hydrogen) atoms. The van der Waals surface area contributed by atoms with Crippen molar-refractivity contribution in [1.29, 1.82) is 5.41 Å². The molecule has 10 nitrogen and oxygen atoms in total. The summed E-state index contributed by atoms with van der Waals surface area (Å²) in [4.78, 5) is 28.1. The molecule has 0 saturated heterocycles. The predicted molar refractivity (Wildman–Crippen MR) is 118 cm³/mol. The first-order valence-corrected chi connectivity index (χ1v) is 9.87. The Balaban J connectivity index is 1.78.